The van der Waals surface area contributed by atoms with Gasteiger partial charge in [0.2, 0.25) is 10.0 Å². The Morgan fingerprint density at radius 3 is 3.05 bits per heavy atom. The number of hydrogen-bond donors (Lipinski definition) is 2. The SMILES string of the molecule is CCNCc1sccc1S(=O)(=O)NCCC1CCOC1. The van der Waals surface area contributed by atoms with Crippen molar-refractivity contribution in [3.8, 4) is 0 Å². The summed E-state index contributed by atoms with van der Waals surface area (Å²) < 4.78 is 32.6. The summed E-state index contributed by atoms with van der Waals surface area (Å²) >= 11 is 1.47. The molecule has 0 bridgehead atoms. The zero-order valence-electron chi connectivity index (χ0n) is 11.7. The summed E-state index contributed by atoms with van der Waals surface area (Å²) in [5.41, 5.74) is 0. The van der Waals surface area contributed by atoms with E-state index in [1.165, 1.54) is 11.3 Å². The van der Waals surface area contributed by atoms with Crippen molar-refractivity contribution in [3.63, 3.8) is 0 Å². The molecule has 1 aliphatic heterocycles. The Hall–Kier alpha value is -0.470. The third-order valence-corrected chi connectivity index (χ3v) is 5.99. The molecule has 2 heterocycles. The first-order valence-corrected chi connectivity index (χ1v) is 9.34. The molecule has 1 unspecified atom stereocenters. The summed E-state index contributed by atoms with van der Waals surface area (Å²) in [6.07, 6.45) is 1.87. The standard InChI is InChI=1S/C13H22N2O3S2/c1-2-14-9-12-13(5-8-19-12)20(16,17)15-6-3-11-4-7-18-10-11/h5,8,11,14-15H,2-4,6-7,9-10H2,1H3. The second-order valence-electron chi connectivity index (χ2n) is 4.90. The van der Waals surface area contributed by atoms with Crippen LogP contribution in [0.5, 0.6) is 0 Å². The molecule has 0 aromatic carbocycles. The predicted octanol–water partition coefficient (Wildman–Crippen LogP) is 1.56. The highest BCUT2D eigenvalue weighted by molar-refractivity contribution is 7.89. The first kappa shape index (κ1) is 15.9. The Balaban J connectivity index is 1.90. The smallest absolute Gasteiger partial charge is 0.241 e. The van der Waals surface area contributed by atoms with Gasteiger partial charge in [0, 0.05) is 31.2 Å². The molecular weight excluding hydrogens is 296 g/mol. The number of ether oxygens (including phenoxy) is 1. The van der Waals surface area contributed by atoms with E-state index in [1.807, 2.05) is 12.3 Å². The number of rotatable bonds is 8. The largest absolute Gasteiger partial charge is 0.381 e. The van der Waals surface area contributed by atoms with Crippen LogP contribution in [0.25, 0.3) is 0 Å². The van der Waals surface area contributed by atoms with E-state index in [2.05, 4.69) is 10.0 Å². The molecule has 0 amide bonds. The molecule has 114 valence electrons. The van der Waals surface area contributed by atoms with Gasteiger partial charge in [0.15, 0.2) is 0 Å². The van der Waals surface area contributed by atoms with Crippen LogP contribution in [0, 0.1) is 5.92 Å². The molecule has 1 aromatic heterocycles. The predicted molar refractivity (Wildman–Crippen MR) is 80.4 cm³/mol. The van der Waals surface area contributed by atoms with Gasteiger partial charge in [0.25, 0.3) is 0 Å². The summed E-state index contributed by atoms with van der Waals surface area (Å²) in [4.78, 5) is 1.27. The van der Waals surface area contributed by atoms with E-state index in [0.29, 0.717) is 23.9 Å². The highest BCUT2D eigenvalue weighted by Crippen LogP contribution is 2.22. The summed E-state index contributed by atoms with van der Waals surface area (Å²) in [5, 5.41) is 4.99. The van der Waals surface area contributed by atoms with Crippen molar-refractivity contribution in [1.82, 2.24) is 10.0 Å². The van der Waals surface area contributed by atoms with Gasteiger partial charge in [0.1, 0.15) is 0 Å². The Labute approximate surface area is 124 Å². The van der Waals surface area contributed by atoms with Gasteiger partial charge in [-0.15, -0.1) is 11.3 Å². The van der Waals surface area contributed by atoms with Crippen LogP contribution in [-0.2, 0) is 21.3 Å². The summed E-state index contributed by atoms with van der Waals surface area (Å²) in [7, 11) is -3.39. The highest BCUT2D eigenvalue weighted by atomic mass is 32.2. The molecule has 1 fully saturated rings. The third-order valence-electron chi connectivity index (χ3n) is 3.40. The highest BCUT2D eigenvalue weighted by Gasteiger charge is 2.21. The number of sulfonamides is 1. The lowest BCUT2D eigenvalue weighted by molar-refractivity contribution is 0.184. The van der Waals surface area contributed by atoms with Gasteiger partial charge in [-0.25, -0.2) is 13.1 Å². The average molecular weight is 318 g/mol. The number of nitrogens with one attached hydrogen (secondary N) is 2. The van der Waals surface area contributed by atoms with Crippen molar-refractivity contribution in [2.24, 2.45) is 5.92 Å². The van der Waals surface area contributed by atoms with Gasteiger partial charge >= 0.3 is 0 Å². The van der Waals surface area contributed by atoms with Crippen molar-refractivity contribution in [2.75, 3.05) is 26.3 Å². The fourth-order valence-electron chi connectivity index (χ4n) is 2.22. The van der Waals surface area contributed by atoms with Crippen molar-refractivity contribution < 1.29 is 13.2 Å². The Bertz CT molecular complexity index is 507. The molecule has 2 N–H and O–H groups in total. The van der Waals surface area contributed by atoms with Gasteiger partial charge in [-0.1, -0.05) is 6.92 Å². The monoisotopic (exact) mass is 318 g/mol. The van der Waals surface area contributed by atoms with E-state index < -0.39 is 10.0 Å². The van der Waals surface area contributed by atoms with Crippen LogP contribution in [0.1, 0.15) is 24.6 Å². The van der Waals surface area contributed by atoms with Gasteiger partial charge in [-0.3, -0.25) is 0 Å². The Kier molecular flexibility index (Phi) is 5.98. The first-order chi connectivity index (χ1) is 9.63. The maximum atomic E-state index is 12.3. The molecule has 1 aliphatic rings. The zero-order valence-corrected chi connectivity index (χ0v) is 13.4. The van der Waals surface area contributed by atoms with E-state index >= 15 is 0 Å². The van der Waals surface area contributed by atoms with Crippen LogP contribution in [0.15, 0.2) is 16.3 Å². The molecule has 0 radical (unpaired) electrons. The fraction of sp³-hybridized carbons (Fsp3) is 0.692. The van der Waals surface area contributed by atoms with Gasteiger partial charge < -0.3 is 10.1 Å². The second kappa shape index (κ2) is 7.51. The topological polar surface area (TPSA) is 67.4 Å². The first-order valence-electron chi connectivity index (χ1n) is 6.98. The number of thiophene rings is 1. The van der Waals surface area contributed by atoms with E-state index in [1.54, 1.807) is 6.07 Å². The van der Waals surface area contributed by atoms with Crippen molar-refractivity contribution in [3.05, 3.63) is 16.3 Å². The zero-order chi connectivity index (χ0) is 14.4. The Morgan fingerprint density at radius 1 is 1.50 bits per heavy atom. The number of hydrogen-bond acceptors (Lipinski definition) is 5. The molecule has 0 aliphatic carbocycles. The lowest BCUT2D eigenvalue weighted by Gasteiger charge is -2.10. The normalized spacial score (nSPS) is 19.6. The van der Waals surface area contributed by atoms with Crippen molar-refractivity contribution >= 4 is 21.4 Å². The maximum absolute atomic E-state index is 12.3. The van der Waals surface area contributed by atoms with Gasteiger partial charge in [-0.2, -0.15) is 0 Å². The average Bonchev–Trinajstić information content (AvgIpc) is 3.07. The fourth-order valence-corrected chi connectivity index (χ4v) is 4.68. The van der Waals surface area contributed by atoms with E-state index in [-0.39, 0.29) is 0 Å². The molecule has 0 saturated carbocycles. The lowest BCUT2D eigenvalue weighted by atomic mass is 10.1. The molecule has 20 heavy (non-hydrogen) atoms. The summed E-state index contributed by atoms with van der Waals surface area (Å²) in [5.74, 6) is 0.487. The second-order valence-corrected chi connectivity index (χ2v) is 7.64. The molecule has 1 saturated heterocycles. The van der Waals surface area contributed by atoms with E-state index in [0.717, 1.165) is 37.5 Å². The third kappa shape index (κ3) is 4.26. The molecule has 1 atom stereocenters. The molecule has 2 rings (SSSR count). The van der Waals surface area contributed by atoms with Crippen LogP contribution < -0.4 is 10.0 Å². The minimum Gasteiger partial charge on any atom is -0.381 e. The molecule has 0 spiro atoms. The van der Waals surface area contributed by atoms with E-state index in [4.69, 9.17) is 4.74 Å². The maximum Gasteiger partial charge on any atom is 0.241 e. The van der Waals surface area contributed by atoms with E-state index in [9.17, 15) is 8.42 Å². The lowest BCUT2D eigenvalue weighted by Crippen LogP contribution is -2.27. The van der Waals surface area contributed by atoms with Crippen LogP contribution in [0.3, 0.4) is 0 Å². The van der Waals surface area contributed by atoms with Crippen LogP contribution >= 0.6 is 11.3 Å². The summed E-state index contributed by atoms with van der Waals surface area (Å²) in [6, 6.07) is 1.68. The van der Waals surface area contributed by atoms with Crippen molar-refractivity contribution in [1.29, 1.82) is 0 Å². The van der Waals surface area contributed by atoms with Crippen LogP contribution in [-0.4, -0.2) is 34.7 Å². The summed E-state index contributed by atoms with van der Waals surface area (Å²) in [6.45, 7) is 5.46. The van der Waals surface area contributed by atoms with Crippen molar-refractivity contribution in [2.45, 2.75) is 31.2 Å². The quantitative estimate of drug-likeness (QED) is 0.763. The Morgan fingerprint density at radius 2 is 2.35 bits per heavy atom. The van der Waals surface area contributed by atoms with Gasteiger partial charge in [-0.05, 0) is 36.8 Å². The minimum atomic E-state index is -3.39. The minimum absolute atomic E-state index is 0.408. The molecule has 7 heteroatoms. The van der Waals surface area contributed by atoms with Crippen LogP contribution in [0.4, 0.5) is 0 Å². The molecule has 5 nitrogen and oxygen atoms in total. The van der Waals surface area contributed by atoms with Crippen LogP contribution in [0.2, 0.25) is 0 Å². The van der Waals surface area contributed by atoms with Gasteiger partial charge in [0.05, 0.1) is 4.90 Å². The molecule has 1 aromatic rings. The molecular formula is C13H22N2O3S2.